The van der Waals surface area contributed by atoms with E-state index < -0.39 is 0 Å². The van der Waals surface area contributed by atoms with Gasteiger partial charge < -0.3 is 15.0 Å². The Morgan fingerprint density at radius 2 is 1.74 bits per heavy atom. The van der Waals surface area contributed by atoms with Crippen LogP contribution in [0.4, 0.5) is 5.69 Å². The number of methoxy groups -OCH3 is 1. The van der Waals surface area contributed by atoms with Crippen LogP contribution in [0.25, 0.3) is 0 Å². The minimum atomic E-state index is -0.283. The van der Waals surface area contributed by atoms with E-state index in [9.17, 15) is 9.59 Å². The van der Waals surface area contributed by atoms with Crippen molar-refractivity contribution in [2.24, 2.45) is 0 Å². The van der Waals surface area contributed by atoms with Gasteiger partial charge in [-0.05, 0) is 42.5 Å². The Balaban J connectivity index is 2.18. The third-order valence-electron chi connectivity index (χ3n) is 3.20. The van der Waals surface area contributed by atoms with E-state index >= 15 is 0 Å². The molecule has 0 aliphatic carbocycles. The second kappa shape index (κ2) is 7.28. The number of halogens is 1. The molecular formula is C17H17BrN2O3. The predicted molar refractivity (Wildman–Crippen MR) is 93.1 cm³/mol. The lowest BCUT2D eigenvalue weighted by Crippen LogP contribution is -2.21. The zero-order valence-electron chi connectivity index (χ0n) is 13.1. The van der Waals surface area contributed by atoms with Crippen molar-refractivity contribution in [1.29, 1.82) is 0 Å². The highest BCUT2D eigenvalue weighted by atomic mass is 79.9. The smallest absolute Gasteiger partial charge is 0.259 e. The molecule has 0 aliphatic heterocycles. The summed E-state index contributed by atoms with van der Waals surface area (Å²) in [5, 5.41) is 2.79. The summed E-state index contributed by atoms with van der Waals surface area (Å²) in [6, 6.07) is 12.0. The van der Waals surface area contributed by atoms with Crippen LogP contribution < -0.4 is 10.1 Å². The Hall–Kier alpha value is -2.34. The van der Waals surface area contributed by atoms with Crippen LogP contribution in [0.15, 0.2) is 46.9 Å². The van der Waals surface area contributed by atoms with Crippen LogP contribution in [-0.2, 0) is 0 Å². The Kier molecular flexibility index (Phi) is 5.39. The molecule has 0 aromatic heterocycles. The number of benzene rings is 2. The van der Waals surface area contributed by atoms with Crippen LogP contribution in [-0.4, -0.2) is 37.9 Å². The minimum Gasteiger partial charge on any atom is -0.496 e. The first-order chi connectivity index (χ1) is 10.9. The Morgan fingerprint density at radius 1 is 1.09 bits per heavy atom. The lowest BCUT2D eigenvalue weighted by Gasteiger charge is -2.12. The molecule has 5 nitrogen and oxygen atoms in total. The molecule has 0 bridgehead atoms. The number of ether oxygens (including phenoxy) is 1. The zero-order valence-corrected chi connectivity index (χ0v) is 14.7. The third kappa shape index (κ3) is 4.10. The van der Waals surface area contributed by atoms with Gasteiger partial charge in [-0.25, -0.2) is 0 Å². The van der Waals surface area contributed by atoms with Gasteiger partial charge in [0.25, 0.3) is 11.8 Å². The fourth-order valence-corrected chi connectivity index (χ4v) is 2.37. The largest absolute Gasteiger partial charge is 0.496 e. The number of anilines is 1. The number of rotatable bonds is 4. The summed E-state index contributed by atoms with van der Waals surface area (Å²) in [7, 11) is 4.90. The number of hydrogen-bond donors (Lipinski definition) is 1. The molecular weight excluding hydrogens is 360 g/mol. The van der Waals surface area contributed by atoms with Crippen molar-refractivity contribution in [2.75, 3.05) is 26.5 Å². The fourth-order valence-electron chi connectivity index (χ4n) is 2.01. The van der Waals surface area contributed by atoms with Crippen LogP contribution in [0.2, 0.25) is 0 Å². The van der Waals surface area contributed by atoms with E-state index in [4.69, 9.17) is 4.74 Å². The van der Waals surface area contributed by atoms with Crippen molar-refractivity contribution in [1.82, 2.24) is 4.90 Å². The van der Waals surface area contributed by atoms with Crippen molar-refractivity contribution < 1.29 is 14.3 Å². The summed E-state index contributed by atoms with van der Waals surface area (Å²) in [6.45, 7) is 0. The Labute approximate surface area is 143 Å². The molecule has 23 heavy (non-hydrogen) atoms. The monoisotopic (exact) mass is 376 g/mol. The number of hydrogen-bond acceptors (Lipinski definition) is 3. The summed E-state index contributed by atoms with van der Waals surface area (Å²) in [4.78, 5) is 25.7. The summed E-state index contributed by atoms with van der Waals surface area (Å²) in [5.41, 5.74) is 1.59. The zero-order chi connectivity index (χ0) is 17.0. The van der Waals surface area contributed by atoms with Gasteiger partial charge in [0.05, 0.1) is 12.7 Å². The fraction of sp³-hybridized carbons (Fsp3) is 0.176. The average molecular weight is 377 g/mol. The summed E-state index contributed by atoms with van der Waals surface area (Å²) >= 11 is 3.34. The predicted octanol–water partition coefficient (Wildman–Crippen LogP) is 3.41. The Morgan fingerprint density at radius 3 is 2.30 bits per heavy atom. The van der Waals surface area contributed by atoms with Gasteiger partial charge in [-0.15, -0.1) is 0 Å². The minimum absolute atomic E-state index is 0.0865. The summed E-state index contributed by atoms with van der Waals surface area (Å²) < 4.78 is 5.99. The molecule has 2 aromatic rings. The molecule has 2 amide bonds. The molecule has 1 N–H and O–H groups in total. The van der Waals surface area contributed by atoms with Crippen LogP contribution in [0.1, 0.15) is 20.7 Å². The highest BCUT2D eigenvalue weighted by Crippen LogP contribution is 2.24. The van der Waals surface area contributed by atoms with Gasteiger partial charge >= 0.3 is 0 Å². The second-order valence-corrected chi connectivity index (χ2v) is 5.99. The average Bonchev–Trinajstić information content (AvgIpc) is 2.54. The maximum atomic E-state index is 12.4. The Bertz CT molecular complexity index is 727. The van der Waals surface area contributed by atoms with Crippen molar-refractivity contribution in [2.45, 2.75) is 0 Å². The molecule has 120 valence electrons. The summed E-state index contributed by atoms with van der Waals surface area (Å²) in [5.74, 6) is 0.122. The molecule has 2 aromatic carbocycles. The van der Waals surface area contributed by atoms with E-state index in [1.165, 1.54) is 12.0 Å². The van der Waals surface area contributed by atoms with Crippen LogP contribution in [0, 0.1) is 0 Å². The number of amides is 2. The van der Waals surface area contributed by atoms with Gasteiger partial charge in [0.15, 0.2) is 0 Å². The first kappa shape index (κ1) is 17.0. The standard InChI is InChI=1S/C17H17BrN2O3/c1-20(2)17(22)11-4-7-13(8-5-11)19-16(21)14-10-12(18)6-9-15(14)23-3/h4-10H,1-3H3,(H,19,21). The van der Waals surface area contributed by atoms with Crippen LogP contribution in [0.5, 0.6) is 5.75 Å². The van der Waals surface area contributed by atoms with Gasteiger partial charge in [0.1, 0.15) is 5.75 Å². The molecule has 0 saturated heterocycles. The van der Waals surface area contributed by atoms with Gasteiger partial charge in [-0.1, -0.05) is 15.9 Å². The van der Waals surface area contributed by atoms with Gasteiger partial charge in [0.2, 0.25) is 0 Å². The molecule has 0 heterocycles. The quantitative estimate of drug-likeness (QED) is 0.889. The molecule has 2 rings (SSSR count). The SMILES string of the molecule is COc1ccc(Br)cc1C(=O)Nc1ccc(C(=O)N(C)C)cc1. The van der Waals surface area contributed by atoms with E-state index in [2.05, 4.69) is 21.2 Å². The number of nitrogens with zero attached hydrogens (tertiary/aromatic N) is 1. The normalized spacial score (nSPS) is 10.1. The van der Waals surface area contributed by atoms with Gasteiger partial charge in [0, 0.05) is 29.8 Å². The molecule has 0 atom stereocenters. The van der Waals surface area contributed by atoms with E-state index in [-0.39, 0.29) is 11.8 Å². The maximum Gasteiger partial charge on any atom is 0.259 e. The third-order valence-corrected chi connectivity index (χ3v) is 3.70. The lowest BCUT2D eigenvalue weighted by atomic mass is 10.1. The van der Waals surface area contributed by atoms with Crippen LogP contribution in [0.3, 0.4) is 0 Å². The summed E-state index contributed by atoms with van der Waals surface area (Å²) in [6.07, 6.45) is 0. The molecule has 0 radical (unpaired) electrons. The molecule has 6 heteroatoms. The van der Waals surface area contributed by atoms with E-state index in [1.54, 1.807) is 56.6 Å². The molecule has 0 aliphatic rings. The van der Waals surface area contributed by atoms with Crippen molar-refractivity contribution in [3.63, 3.8) is 0 Å². The van der Waals surface area contributed by atoms with Crippen LogP contribution >= 0.6 is 15.9 Å². The molecule has 0 saturated carbocycles. The highest BCUT2D eigenvalue weighted by molar-refractivity contribution is 9.10. The first-order valence-corrected chi connectivity index (χ1v) is 7.68. The molecule has 0 unspecified atom stereocenters. The van der Waals surface area contributed by atoms with Gasteiger partial charge in [-0.2, -0.15) is 0 Å². The van der Waals surface area contributed by atoms with E-state index in [0.717, 1.165) is 4.47 Å². The molecule has 0 fully saturated rings. The highest BCUT2D eigenvalue weighted by Gasteiger charge is 2.14. The first-order valence-electron chi connectivity index (χ1n) is 6.89. The van der Waals surface area contributed by atoms with Gasteiger partial charge in [-0.3, -0.25) is 9.59 Å². The van der Waals surface area contributed by atoms with E-state index in [1.807, 2.05) is 0 Å². The maximum absolute atomic E-state index is 12.4. The molecule has 0 spiro atoms. The second-order valence-electron chi connectivity index (χ2n) is 5.08. The van der Waals surface area contributed by atoms with Crippen molar-refractivity contribution in [3.8, 4) is 5.75 Å². The number of carbonyl (C=O) groups is 2. The van der Waals surface area contributed by atoms with Crippen molar-refractivity contribution in [3.05, 3.63) is 58.1 Å². The van der Waals surface area contributed by atoms with E-state index in [0.29, 0.717) is 22.6 Å². The van der Waals surface area contributed by atoms with Crippen molar-refractivity contribution >= 4 is 33.4 Å². The lowest BCUT2D eigenvalue weighted by molar-refractivity contribution is 0.0827. The number of nitrogens with one attached hydrogen (secondary N) is 1. The topological polar surface area (TPSA) is 58.6 Å². The number of carbonyl (C=O) groups excluding carboxylic acids is 2.